The fraction of sp³-hybridized carbons (Fsp3) is 0.333. The molecule has 0 aliphatic heterocycles. The highest BCUT2D eigenvalue weighted by Crippen LogP contribution is 2.39. The average molecular weight is 443 g/mol. The number of fused-ring (bicyclic) bond motifs is 1. The van der Waals surface area contributed by atoms with E-state index in [9.17, 15) is 9.59 Å². The zero-order chi connectivity index (χ0) is 22.3. The van der Waals surface area contributed by atoms with Crippen LogP contribution in [0.15, 0.2) is 42.5 Å². The van der Waals surface area contributed by atoms with Crippen LogP contribution >= 0.6 is 22.9 Å². The Balaban J connectivity index is 1.90. The number of amides is 2. The first-order valence-corrected chi connectivity index (χ1v) is 11.0. The molecule has 3 aromatic rings. The van der Waals surface area contributed by atoms with Gasteiger partial charge in [0.1, 0.15) is 4.88 Å². The van der Waals surface area contributed by atoms with Crippen molar-refractivity contribution in [2.75, 3.05) is 5.32 Å². The zero-order valence-electron chi connectivity index (χ0n) is 18.1. The zero-order valence-corrected chi connectivity index (χ0v) is 19.7. The molecule has 0 radical (unpaired) electrons. The number of hydrogen-bond acceptors (Lipinski definition) is 3. The largest absolute Gasteiger partial charge is 0.347 e. The van der Waals surface area contributed by atoms with Gasteiger partial charge in [0, 0.05) is 16.5 Å². The molecule has 6 heteroatoms. The summed E-state index contributed by atoms with van der Waals surface area (Å²) in [4.78, 5) is 25.9. The van der Waals surface area contributed by atoms with Crippen LogP contribution in [0.5, 0.6) is 0 Å². The Morgan fingerprint density at radius 1 is 0.900 bits per heavy atom. The smallest absolute Gasteiger partial charge is 0.263 e. The predicted molar refractivity (Wildman–Crippen MR) is 127 cm³/mol. The van der Waals surface area contributed by atoms with E-state index >= 15 is 0 Å². The van der Waals surface area contributed by atoms with Gasteiger partial charge in [0.15, 0.2) is 0 Å². The lowest BCUT2D eigenvalue weighted by Gasteiger charge is -2.19. The molecule has 0 bridgehead atoms. The molecule has 2 N–H and O–H groups in total. The molecule has 1 aromatic heterocycles. The molecule has 1 heterocycles. The molecule has 0 saturated heterocycles. The van der Waals surface area contributed by atoms with Crippen molar-refractivity contribution < 1.29 is 9.59 Å². The van der Waals surface area contributed by atoms with E-state index in [-0.39, 0.29) is 22.8 Å². The molecule has 2 aromatic carbocycles. The second-order valence-corrected chi connectivity index (χ2v) is 10.8. The van der Waals surface area contributed by atoms with Crippen molar-refractivity contribution in [3.8, 4) is 0 Å². The number of carbonyl (C=O) groups excluding carboxylic acids is 2. The third-order valence-electron chi connectivity index (χ3n) is 4.61. The second-order valence-electron chi connectivity index (χ2n) is 9.41. The third-order valence-corrected chi connectivity index (χ3v) is 6.35. The molecule has 0 fully saturated rings. The van der Waals surface area contributed by atoms with E-state index in [0.717, 1.165) is 10.1 Å². The summed E-state index contributed by atoms with van der Waals surface area (Å²) in [7, 11) is 0. The van der Waals surface area contributed by atoms with Crippen LogP contribution in [-0.2, 0) is 5.41 Å². The van der Waals surface area contributed by atoms with Crippen LogP contribution in [0, 0.1) is 0 Å². The van der Waals surface area contributed by atoms with Gasteiger partial charge in [0.2, 0.25) is 0 Å². The molecular formula is C24H27ClN2O2S. The molecule has 0 aliphatic carbocycles. The van der Waals surface area contributed by atoms with Gasteiger partial charge in [-0.1, -0.05) is 56.6 Å². The lowest BCUT2D eigenvalue weighted by Crippen LogP contribution is -2.40. The number of thiophene rings is 1. The summed E-state index contributed by atoms with van der Waals surface area (Å²) in [6.45, 7) is 12.2. The Kier molecular flexibility index (Phi) is 5.99. The van der Waals surface area contributed by atoms with Crippen LogP contribution in [0.3, 0.4) is 0 Å². The van der Waals surface area contributed by atoms with Gasteiger partial charge in [0.05, 0.1) is 15.4 Å². The molecular weight excluding hydrogens is 416 g/mol. The number of halogens is 1. The minimum Gasteiger partial charge on any atom is -0.347 e. The monoisotopic (exact) mass is 442 g/mol. The van der Waals surface area contributed by atoms with Crippen molar-refractivity contribution in [2.45, 2.75) is 52.5 Å². The molecule has 0 atom stereocenters. The maximum absolute atomic E-state index is 12.8. The second kappa shape index (κ2) is 8.05. The lowest BCUT2D eigenvalue weighted by atomic mass is 9.87. The maximum Gasteiger partial charge on any atom is 0.263 e. The molecule has 2 amide bonds. The Labute approximate surface area is 186 Å². The van der Waals surface area contributed by atoms with Gasteiger partial charge in [-0.05, 0) is 49.9 Å². The quantitative estimate of drug-likeness (QED) is 0.478. The average Bonchev–Trinajstić information content (AvgIpc) is 2.98. The summed E-state index contributed by atoms with van der Waals surface area (Å²) >= 11 is 7.79. The Bertz CT molecular complexity index is 1100. The normalized spacial score (nSPS) is 12.1. The van der Waals surface area contributed by atoms with Gasteiger partial charge < -0.3 is 10.6 Å². The molecule has 30 heavy (non-hydrogen) atoms. The summed E-state index contributed by atoms with van der Waals surface area (Å²) in [6.07, 6.45) is 0. The van der Waals surface area contributed by atoms with Crippen LogP contribution in [-0.4, -0.2) is 17.4 Å². The highest BCUT2D eigenvalue weighted by molar-refractivity contribution is 7.22. The van der Waals surface area contributed by atoms with Crippen LogP contribution in [0.4, 0.5) is 5.69 Å². The molecule has 0 saturated carbocycles. The number of nitrogens with one attached hydrogen (secondary N) is 2. The van der Waals surface area contributed by atoms with Crippen LogP contribution < -0.4 is 10.6 Å². The first kappa shape index (κ1) is 22.3. The van der Waals surface area contributed by atoms with Gasteiger partial charge in [-0.3, -0.25) is 9.59 Å². The van der Waals surface area contributed by atoms with Gasteiger partial charge >= 0.3 is 0 Å². The van der Waals surface area contributed by atoms with E-state index in [0.29, 0.717) is 21.2 Å². The molecule has 3 rings (SSSR count). The van der Waals surface area contributed by atoms with Gasteiger partial charge in [-0.25, -0.2) is 0 Å². The first-order valence-electron chi connectivity index (χ1n) is 9.82. The highest BCUT2D eigenvalue weighted by atomic mass is 35.5. The van der Waals surface area contributed by atoms with E-state index in [1.54, 1.807) is 0 Å². The summed E-state index contributed by atoms with van der Waals surface area (Å²) < 4.78 is 0.779. The van der Waals surface area contributed by atoms with Crippen molar-refractivity contribution in [3.63, 3.8) is 0 Å². The van der Waals surface area contributed by atoms with Crippen LogP contribution in [0.2, 0.25) is 5.02 Å². The van der Waals surface area contributed by atoms with Gasteiger partial charge in [-0.15, -0.1) is 11.3 Å². The first-order chi connectivity index (χ1) is 13.9. The third kappa shape index (κ3) is 4.85. The number of anilines is 1. The van der Waals surface area contributed by atoms with Crippen LogP contribution in [0.1, 0.15) is 67.1 Å². The molecule has 158 valence electrons. The van der Waals surface area contributed by atoms with E-state index in [1.165, 1.54) is 16.9 Å². The number of benzene rings is 2. The number of hydrogen-bond donors (Lipinski definition) is 2. The van der Waals surface area contributed by atoms with Gasteiger partial charge in [-0.2, -0.15) is 0 Å². The minimum absolute atomic E-state index is 0.0261. The summed E-state index contributed by atoms with van der Waals surface area (Å²) in [5, 5.41) is 7.07. The fourth-order valence-corrected chi connectivity index (χ4v) is 4.52. The minimum atomic E-state index is -0.368. The van der Waals surface area contributed by atoms with E-state index in [2.05, 4.69) is 31.4 Å². The fourth-order valence-electron chi connectivity index (χ4n) is 3.05. The lowest BCUT2D eigenvalue weighted by molar-refractivity contribution is 0.0923. The van der Waals surface area contributed by atoms with Crippen molar-refractivity contribution in [3.05, 3.63) is 63.5 Å². The van der Waals surface area contributed by atoms with Crippen molar-refractivity contribution in [2.24, 2.45) is 0 Å². The Morgan fingerprint density at radius 2 is 1.53 bits per heavy atom. The molecule has 0 unspecified atom stereocenters. The van der Waals surface area contributed by atoms with E-state index < -0.39 is 0 Å². The molecule has 0 spiro atoms. The Hall–Kier alpha value is -2.37. The van der Waals surface area contributed by atoms with Crippen molar-refractivity contribution in [1.82, 2.24) is 5.32 Å². The summed E-state index contributed by atoms with van der Waals surface area (Å²) in [6, 6.07) is 13.1. The number of rotatable bonds is 3. The van der Waals surface area contributed by atoms with E-state index in [4.69, 9.17) is 11.6 Å². The highest BCUT2D eigenvalue weighted by Gasteiger charge is 2.23. The topological polar surface area (TPSA) is 58.2 Å². The molecule has 4 nitrogen and oxygen atoms in total. The SMILES string of the molecule is CC(C)(C)NC(=O)c1sc2c(NC(=O)c3ccc(C(C)(C)C)cc3)cccc2c1Cl. The Morgan fingerprint density at radius 3 is 2.10 bits per heavy atom. The maximum atomic E-state index is 12.8. The molecule has 0 aliphatic rings. The van der Waals surface area contributed by atoms with Crippen LogP contribution in [0.25, 0.3) is 10.1 Å². The van der Waals surface area contributed by atoms with Gasteiger partial charge in [0.25, 0.3) is 11.8 Å². The van der Waals surface area contributed by atoms with Crippen molar-refractivity contribution >= 4 is 50.5 Å². The standard InChI is InChI=1S/C24H27ClN2O2S/c1-23(2,3)15-12-10-14(11-13-15)21(28)26-17-9-7-8-16-18(25)20(30-19(16)17)22(29)27-24(4,5)6/h7-13H,1-6H3,(H,26,28)(H,27,29). The summed E-state index contributed by atoms with van der Waals surface area (Å²) in [5.74, 6) is -0.420. The van der Waals surface area contributed by atoms with E-state index in [1.807, 2.05) is 63.2 Å². The predicted octanol–water partition coefficient (Wildman–Crippen LogP) is 6.63. The summed E-state index contributed by atoms with van der Waals surface area (Å²) in [5.41, 5.74) is 2.04. The van der Waals surface area contributed by atoms with Crippen molar-refractivity contribution in [1.29, 1.82) is 0 Å². The number of carbonyl (C=O) groups is 2.